The van der Waals surface area contributed by atoms with Gasteiger partial charge in [-0.15, -0.1) is 0 Å². The average molecular weight is 264 g/mol. The van der Waals surface area contributed by atoms with Gasteiger partial charge in [-0.3, -0.25) is 0 Å². The Kier molecular flexibility index (Phi) is 8.89. The van der Waals surface area contributed by atoms with Crippen molar-refractivity contribution in [2.75, 3.05) is 47.1 Å². The maximum atomic E-state index is 11.5. The Bertz CT molecular complexity index is 261. The van der Waals surface area contributed by atoms with Crippen LogP contribution in [0.5, 0.6) is 0 Å². The summed E-state index contributed by atoms with van der Waals surface area (Å²) in [4.78, 5) is 23.5. The number of ether oxygens (including phenoxy) is 2. The number of aliphatic hydroxyl groups is 1. The first-order valence-electron chi connectivity index (χ1n) is 5.46. The molecule has 0 aromatic rings. The fraction of sp³-hybridized carbons (Fsp3) is 0.800. The lowest BCUT2D eigenvalue weighted by Crippen LogP contribution is -2.44. The van der Waals surface area contributed by atoms with E-state index in [-0.39, 0.29) is 19.8 Å². The van der Waals surface area contributed by atoms with Gasteiger partial charge in [-0.05, 0) is 0 Å². The first-order chi connectivity index (χ1) is 8.52. The molecule has 0 saturated carbocycles. The van der Waals surface area contributed by atoms with Gasteiger partial charge in [0.05, 0.1) is 26.4 Å². The van der Waals surface area contributed by atoms with Gasteiger partial charge in [0.1, 0.15) is 0 Å². The summed E-state index contributed by atoms with van der Waals surface area (Å²) in [5.41, 5.74) is 0. The third-order valence-electron chi connectivity index (χ3n) is 2.15. The number of amides is 2. The van der Waals surface area contributed by atoms with Gasteiger partial charge in [0.25, 0.3) is 0 Å². The standard InChI is InChI=1S/C10H20N2O6/c1-12(3-5-18-6-4-13)10(16)11-7-8(17-2)9(14)15/h8,13H,3-7H2,1-2H3,(H,11,16)(H,14,15). The molecule has 0 rings (SSSR count). The van der Waals surface area contributed by atoms with Crippen molar-refractivity contribution in [3.8, 4) is 0 Å². The molecular formula is C10H20N2O6. The molecule has 8 nitrogen and oxygen atoms in total. The van der Waals surface area contributed by atoms with Crippen molar-refractivity contribution in [3.63, 3.8) is 0 Å². The number of hydrogen-bond acceptors (Lipinski definition) is 5. The predicted octanol–water partition coefficient (Wildman–Crippen LogP) is -1.26. The summed E-state index contributed by atoms with van der Waals surface area (Å²) in [6.45, 7) is 0.699. The second-order valence-electron chi connectivity index (χ2n) is 3.51. The van der Waals surface area contributed by atoms with Crippen molar-refractivity contribution in [1.82, 2.24) is 10.2 Å². The molecule has 1 unspecified atom stereocenters. The van der Waals surface area contributed by atoms with E-state index in [1.165, 1.54) is 12.0 Å². The number of aliphatic hydroxyl groups excluding tert-OH is 1. The number of nitrogens with one attached hydrogen (secondary N) is 1. The SMILES string of the molecule is COC(CNC(=O)N(C)CCOCCO)C(=O)O. The molecule has 0 aromatic heterocycles. The van der Waals surface area contributed by atoms with Crippen LogP contribution in [0.2, 0.25) is 0 Å². The van der Waals surface area contributed by atoms with Gasteiger partial charge in [-0.2, -0.15) is 0 Å². The van der Waals surface area contributed by atoms with E-state index in [2.05, 4.69) is 10.1 Å². The van der Waals surface area contributed by atoms with Gasteiger partial charge in [0, 0.05) is 20.7 Å². The molecule has 0 aromatic carbocycles. The molecule has 0 fully saturated rings. The van der Waals surface area contributed by atoms with E-state index in [1.54, 1.807) is 7.05 Å². The fourth-order valence-corrected chi connectivity index (χ4v) is 1.06. The summed E-state index contributed by atoms with van der Waals surface area (Å²) < 4.78 is 9.67. The highest BCUT2D eigenvalue weighted by Crippen LogP contribution is 1.90. The Balaban J connectivity index is 3.83. The number of aliphatic carboxylic acids is 1. The van der Waals surface area contributed by atoms with Crippen molar-refractivity contribution in [2.24, 2.45) is 0 Å². The molecule has 0 aliphatic carbocycles. The van der Waals surface area contributed by atoms with E-state index in [0.717, 1.165) is 0 Å². The van der Waals surface area contributed by atoms with Crippen molar-refractivity contribution >= 4 is 12.0 Å². The molecular weight excluding hydrogens is 244 g/mol. The maximum absolute atomic E-state index is 11.5. The normalized spacial score (nSPS) is 11.9. The van der Waals surface area contributed by atoms with Crippen LogP contribution in [0, 0.1) is 0 Å². The van der Waals surface area contributed by atoms with Crippen molar-refractivity contribution in [1.29, 1.82) is 0 Å². The van der Waals surface area contributed by atoms with Crippen molar-refractivity contribution in [2.45, 2.75) is 6.10 Å². The maximum Gasteiger partial charge on any atom is 0.334 e. The molecule has 0 radical (unpaired) electrons. The quantitative estimate of drug-likeness (QED) is 0.448. The Morgan fingerprint density at radius 2 is 2.06 bits per heavy atom. The number of rotatable bonds is 9. The number of carbonyl (C=O) groups excluding carboxylic acids is 1. The van der Waals surface area contributed by atoms with Crippen LogP contribution >= 0.6 is 0 Å². The topological polar surface area (TPSA) is 108 Å². The summed E-state index contributed by atoms with van der Waals surface area (Å²) in [7, 11) is 2.82. The zero-order valence-corrected chi connectivity index (χ0v) is 10.6. The lowest BCUT2D eigenvalue weighted by atomic mass is 10.3. The smallest absolute Gasteiger partial charge is 0.334 e. The van der Waals surface area contributed by atoms with E-state index in [9.17, 15) is 9.59 Å². The van der Waals surface area contributed by atoms with Gasteiger partial charge < -0.3 is 29.9 Å². The van der Waals surface area contributed by atoms with Gasteiger partial charge >= 0.3 is 12.0 Å². The molecule has 106 valence electrons. The first-order valence-corrected chi connectivity index (χ1v) is 5.46. The van der Waals surface area contributed by atoms with Crippen molar-refractivity contribution < 1.29 is 29.3 Å². The Morgan fingerprint density at radius 3 is 2.56 bits per heavy atom. The average Bonchev–Trinajstić information content (AvgIpc) is 2.34. The third kappa shape index (κ3) is 7.05. The number of nitrogens with zero attached hydrogens (tertiary/aromatic N) is 1. The Morgan fingerprint density at radius 1 is 1.39 bits per heavy atom. The minimum absolute atomic E-state index is 0.0654. The molecule has 0 spiro atoms. The van der Waals surface area contributed by atoms with Gasteiger partial charge in [-0.1, -0.05) is 0 Å². The van der Waals surface area contributed by atoms with Crippen LogP contribution in [0.25, 0.3) is 0 Å². The highest BCUT2D eigenvalue weighted by atomic mass is 16.5. The summed E-state index contributed by atoms with van der Waals surface area (Å²) in [6.07, 6.45) is -1.06. The van der Waals surface area contributed by atoms with Gasteiger partial charge in [0.15, 0.2) is 6.10 Å². The number of urea groups is 1. The van der Waals surface area contributed by atoms with Gasteiger partial charge in [0.2, 0.25) is 0 Å². The Labute approximate surface area is 105 Å². The number of carbonyl (C=O) groups is 2. The second-order valence-corrected chi connectivity index (χ2v) is 3.51. The van der Waals surface area contributed by atoms with Crippen LogP contribution in [0.15, 0.2) is 0 Å². The highest BCUT2D eigenvalue weighted by Gasteiger charge is 2.18. The molecule has 0 aliphatic heterocycles. The van der Waals surface area contributed by atoms with E-state index in [4.69, 9.17) is 14.9 Å². The molecule has 0 saturated heterocycles. The summed E-state index contributed by atoms with van der Waals surface area (Å²) in [5.74, 6) is -1.13. The minimum Gasteiger partial charge on any atom is -0.479 e. The van der Waals surface area contributed by atoms with E-state index >= 15 is 0 Å². The number of methoxy groups -OCH3 is 1. The Hall–Kier alpha value is -1.38. The second kappa shape index (κ2) is 9.63. The molecule has 2 amide bonds. The molecule has 0 heterocycles. The molecule has 18 heavy (non-hydrogen) atoms. The van der Waals surface area contributed by atoms with Crippen LogP contribution in [-0.4, -0.2) is 80.3 Å². The lowest BCUT2D eigenvalue weighted by molar-refractivity contribution is -0.148. The first kappa shape index (κ1) is 16.6. The predicted molar refractivity (Wildman–Crippen MR) is 62.4 cm³/mol. The fourth-order valence-electron chi connectivity index (χ4n) is 1.06. The van der Waals surface area contributed by atoms with Gasteiger partial charge in [-0.25, -0.2) is 9.59 Å². The summed E-state index contributed by atoms with van der Waals surface area (Å²) in [6, 6.07) is -0.411. The number of hydrogen-bond donors (Lipinski definition) is 3. The molecule has 8 heteroatoms. The number of likely N-dealkylation sites (N-methyl/N-ethyl adjacent to an activating group) is 1. The number of carboxylic acid groups (broad SMARTS) is 1. The van der Waals surface area contributed by atoms with E-state index in [1.807, 2.05) is 0 Å². The van der Waals surface area contributed by atoms with Crippen LogP contribution in [0.4, 0.5) is 4.79 Å². The van der Waals surface area contributed by atoms with Crippen LogP contribution in [0.3, 0.4) is 0 Å². The van der Waals surface area contributed by atoms with Crippen LogP contribution < -0.4 is 5.32 Å². The zero-order valence-electron chi connectivity index (χ0n) is 10.6. The van der Waals surface area contributed by atoms with Crippen LogP contribution in [0.1, 0.15) is 0 Å². The molecule has 1 atom stereocenters. The highest BCUT2D eigenvalue weighted by molar-refractivity contribution is 5.76. The molecule has 0 aliphatic rings. The monoisotopic (exact) mass is 264 g/mol. The third-order valence-corrected chi connectivity index (χ3v) is 2.15. The minimum atomic E-state index is -1.13. The summed E-state index contributed by atoms with van der Waals surface area (Å²) in [5, 5.41) is 19.6. The largest absolute Gasteiger partial charge is 0.479 e. The lowest BCUT2D eigenvalue weighted by Gasteiger charge is -2.19. The van der Waals surface area contributed by atoms with E-state index < -0.39 is 18.1 Å². The zero-order chi connectivity index (χ0) is 14.0. The summed E-state index contributed by atoms with van der Waals surface area (Å²) >= 11 is 0. The van der Waals surface area contributed by atoms with E-state index in [0.29, 0.717) is 13.2 Å². The molecule has 0 bridgehead atoms. The molecule has 3 N–H and O–H groups in total. The van der Waals surface area contributed by atoms with Crippen molar-refractivity contribution in [3.05, 3.63) is 0 Å². The number of carboxylic acids is 1. The van der Waals surface area contributed by atoms with Crippen LogP contribution in [-0.2, 0) is 14.3 Å².